The second-order valence-corrected chi connectivity index (χ2v) is 5.35. The lowest BCUT2D eigenvalue weighted by Gasteiger charge is -2.14. The summed E-state index contributed by atoms with van der Waals surface area (Å²) in [5, 5.41) is 17.0. The van der Waals surface area contributed by atoms with E-state index in [2.05, 4.69) is 10.3 Å². The second-order valence-electron chi connectivity index (χ2n) is 5.35. The van der Waals surface area contributed by atoms with Gasteiger partial charge in [0, 0.05) is 13.1 Å². The number of aromatic nitrogens is 3. The van der Waals surface area contributed by atoms with Gasteiger partial charge in [0.15, 0.2) is 5.69 Å². The topological polar surface area (TPSA) is 88.3 Å². The van der Waals surface area contributed by atoms with E-state index in [1.165, 1.54) is 4.90 Å². The van der Waals surface area contributed by atoms with Crippen LogP contribution in [0.2, 0.25) is 0 Å². The summed E-state index contributed by atoms with van der Waals surface area (Å²) >= 11 is 0. The fourth-order valence-corrected chi connectivity index (χ4v) is 2.64. The molecule has 1 saturated heterocycles. The predicted octanol–water partition coefficient (Wildman–Crippen LogP) is 1.12. The van der Waals surface area contributed by atoms with E-state index in [0.717, 1.165) is 5.69 Å². The maximum Gasteiger partial charge on any atom is 0.308 e. The van der Waals surface area contributed by atoms with Gasteiger partial charge in [0.2, 0.25) is 0 Å². The van der Waals surface area contributed by atoms with Gasteiger partial charge in [-0.15, -0.1) is 5.10 Å². The van der Waals surface area contributed by atoms with Crippen molar-refractivity contribution in [1.29, 1.82) is 0 Å². The first-order chi connectivity index (χ1) is 10.6. The van der Waals surface area contributed by atoms with Gasteiger partial charge in [-0.3, -0.25) is 9.59 Å². The Kier molecular flexibility index (Phi) is 3.62. The fraction of sp³-hybridized carbons (Fsp3) is 0.333. The first-order valence-electron chi connectivity index (χ1n) is 7.07. The third-order valence-corrected chi connectivity index (χ3v) is 3.92. The summed E-state index contributed by atoms with van der Waals surface area (Å²) in [5.74, 6) is -1.61. The molecule has 3 rings (SSSR count). The molecule has 0 radical (unpaired) electrons. The van der Waals surface area contributed by atoms with E-state index >= 15 is 0 Å². The van der Waals surface area contributed by atoms with Crippen molar-refractivity contribution in [1.82, 2.24) is 19.9 Å². The van der Waals surface area contributed by atoms with Crippen molar-refractivity contribution in [2.75, 3.05) is 13.1 Å². The molecule has 1 amide bonds. The smallest absolute Gasteiger partial charge is 0.308 e. The summed E-state index contributed by atoms with van der Waals surface area (Å²) in [6.07, 6.45) is 0.479. The van der Waals surface area contributed by atoms with Crippen LogP contribution in [0.3, 0.4) is 0 Å². The predicted molar refractivity (Wildman–Crippen MR) is 77.7 cm³/mol. The van der Waals surface area contributed by atoms with E-state index in [9.17, 15) is 9.59 Å². The summed E-state index contributed by atoms with van der Waals surface area (Å²) in [7, 11) is 0. The lowest BCUT2D eigenvalue weighted by atomic mass is 10.1. The van der Waals surface area contributed by atoms with Gasteiger partial charge in [0.1, 0.15) is 0 Å². The van der Waals surface area contributed by atoms with Gasteiger partial charge >= 0.3 is 5.97 Å². The molecule has 114 valence electrons. The fourth-order valence-electron chi connectivity index (χ4n) is 2.64. The minimum atomic E-state index is -0.861. The quantitative estimate of drug-likeness (QED) is 0.917. The van der Waals surface area contributed by atoms with Crippen LogP contribution in [0.4, 0.5) is 0 Å². The summed E-state index contributed by atoms with van der Waals surface area (Å²) < 4.78 is 1.61. The molecule has 2 heterocycles. The van der Waals surface area contributed by atoms with E-state index in [0.29, 0.717) is 18.7 Å². The Morgan fingerprint density at radius 1 is 1.27 bits per heavy atom. The van der Waals surface area contributed by atoms with Gasteiger partial charge in [-0.1, -0.05) is 23.4 Å². The standard InChI is InChI=1S/C15H16N4O3/c1-10-13(14(20)18-8-7-11(9-18)15(21)22)16-17-19(10)12-5-3-2-4-6-12/h2-6,11H,7-9H2,1H3,(H,21,22). The van der Waals surface area contributed by atoms with E-state index in [1.807, 2.05) is 30.3 Å². The number of para-hydroxylation sites is 1. The molecule has 2 aromatic rings. The average molecular weight is 300 g/mol. The average Bonchev–Trinajstić information content (AvgIpc) is 3.14. The highest BCUT2D eigenvalue weighted by Crippen LogP contribution is 2.20. The largest absolute Gasteiger partial charge is 0.481 e. The van der Waals surface area contributed by atoms with Crippen molar-refractivity contribution in [2.45, 2.75) is 13.3 Å². The number of aliphatic carboxylic acids is 1. The van der Waals surface area contributed by atoms with Crippen LogP contribution in [0.5, 0.6) is 0 Å². The molecule has 1 fully saturated rings. The number of carbonyl (C=O) groups excluding carboxylic acids is 1. The molecule has 1 unspecified atom stereocenters. The number of benzene rings is 1. The van der Waals surface area contributed by atoms with Crippen LogP contribution in [0, 0.1) is 12.8 Å². The molecule has 1 aromatic carbocycles. The van der Waals surface area contributed by atoms with Gasteiger partial charge in [0.05, 0.1) is 17.3 Å². The van der Waals surface area contributed by atoms with Crippen molar-refractivity contribution in [2.24, 2.45) is 5.92 Å². The van der Waals surface area contributed by atoms with Gasteiger partial charge in [-0.05, 0) is 25.5 Å². The first-order valence-corrected chi connectivity index (χ1v) is 7.07. The maximum absolute atomic E-state index is 12.5. The number of amides is 1. The zero-order chi connectivity index (χ0) is 15.7. The number of rotatable bonds is 3. The number of carbonyl (C=O) groups is 2. The minimum absolute atomic E-state index is 0.228. The highest BCUT2D eigenvalue weighted by molar-refractivity contribution is 5.94. The summed E-state index contributed by atoms with van der Waals surface area (Å²) in [6, 6.07) is 9.43. The zero-order valence-corrected chi connectivity index (χ0v) is 12.1. The first kappa shape index (κ1) is 14.2. The third-order valence-electron chi connectivity index (χ3n) is 3.92. The third kappa shape index (κ3) is 2.45. The second kappa shape index (κ2) is 5.59. The van der Waals surface area contributed by atoms with Crippen molar-refractivity contribution < 1.29 is 14.7 Å². The number of hydrogen-bond acceptors (Lipinski definition) is 4. The Labute approximate surface area is 127 Å². The maximum atomic E-state index is 12.5. The zero-order valence-electron chi connectivity index (χ0n) is 12.1. The van der Waals surface area contributed by atoms with Crippen LogP contribution in [-0.4, -0.2) is 50.0 Å². The van der Waals surface area contributed by atoms with E-state index in [1.54, 1.807) is 11.6 Å². The molecule has 0 bridgehead atoms. The molecule has 0 saturated carbocycles. The van der Waals surface area contributed by atoms with Crippen LogP contribution >= 0.6 is 0 Å². The van der Waals surface area contributed by atoms with Crippen molar-refractivity contribution >= 4 is 11.9 Å². The lowest BCUT2D eigenvalue weighted by Crippen LogP contribution is -2.30. The normalized spacial score (nSPS) is 17.7. The van der Waals surface area contributed by atoms with Crippen LogP contribution in [-0.2, 0) is 4.79 Å². The summed E-state index contributed by atoms with van der Waals surface area (Å²) in [5.41, 5.74) is 1.75. The summed E-state index contributed by atoms with van der Waals surface area (Å²) in [6.45, 7) is 2.45. The van der Waals surface area contributed by atoms with E-state index < -0.39 is 11.9 Å². The Morgan fingerprint density at radius 3 is 2.64 bits per heavy atom. The molecule has 1 aromatic heterocycles. The SMILES string of the molecule is Cc1c(C(=O)N2CCC(C(=O)O)C2)nnn1-c1ccccc1. The highest BCUT2D eigenvalue weighted by atomic mass is 16.4. The Bertz CT molecular complexity index is 711. The molecule has 1 atom stereocenters. The molecule has 1 N–H and O–H groups in total. The van der Waals surface area contributed by atoms with Crippen molar-refractivity contribution in [3.05, 3.63) is 41.7 Å². The molecule has 1 aliphatic heterocycles. The lowest BCUT2D eigenvalue weighted by molar-refractivity contribution is -0.141. The van der Waals surface area contributed by atoms with Gasteiger partial charge < -0.3 is 10.0 Å². The molecular formula is C15H16N4O3. The minimum Gasteiger partial charge on any atom is -0.481 e. The van der Waals surface area contributed by atoms with E-state index in [-0.39, 0.29) is 18.1 Å². The monoisotopic (exact) mass is 300 g/mol. The van der Waals surface area contributed by atoms with Crippen molar-refractivity contribution in [3.8, 4) is 5.69 Å². The number of carboxylic acid groups (broad SMARTS) is 1. The van der Waals surface area contributed by atoms with Crippen LogP contribution in [0.25, 0.3) is 5.69 Å². The molecule has 1 aliphatic rings. The number of nitrogens with zero attached hydrogens (tertiary/aromatic N) is 4. The van der Waals surface area contributed by atoms with Gasteiger partial charge in [0.25, 0.3) is 5.91 Å². The van der Waals surface area contributed by atoms with E-state index in [4.69, 9.17) is 5.11 Å². The molecule has 0 aliphatic carbocycles. The van der Waals surface area contributed by atoms with Crippen LogP contribution < -0.4 is 0 Å². The van der Waals surface area contributed by atoms with Crippen molar-refractivity contribution in [3.63, 3.8) is 0 Å². The van der Waals surface area contributed by atoms with Gasteiger partial charge in [-0.25, -0.2) is 4.68 Å². The molecule has 22 heavy (non-hydrogen) atoms. The molecular weight excluding hydrogens is 284 g/mol. The van der Waals surface area contributed by atoms with Gasteiger partial charge in [-0.2, -0.15) is 0 Å². The highest BCUT2D eigenvalue weighted by Gasteiger charge is 2.33. The summed E-state index contributed by atoms with van der Waals surface area (Å²) in [4.78, 5) is 25.0. The molecule has 7 heteroatoms. The number of carboxylic acids is 1. The number of hydrogen-bond donors (Lipinski definition) is 1. The molecule has 0 spiro atoms. The van der Waals surface area contributed by atoms with Crippen LogP contribution in [0.15, 0.2) is 30.3 Å². The number of likely N-dealkylation sites (tertiary alicyclic amines) is 1. The molecule has 7 nitrogen and oxygen atoms in total. The Hall–Kier alpha value is -2.70. The van der Waals surface area contributed by atoms with Crippen LogP contribution in [0.1, 0.15) is 22.6 Å². The Morgan fingerprint density at radius 2 is 2.00 bits per heavy atom. The Balaban J connectivity index is 1.83.